The van der Waals surface area contributed by atoms with Crippen LogP contribution in [0.5, 0.6) is 0 Å². The van der Waals surface area contributed by atoms with Crippen LogP contribution in [0.25, 0.3) is 11.2 Å². The summed E-state index contributed by atoms with van der Waals surface area (Å²) in [7, 11) is -4.71. The minimum atomic E-state index is -4.71. The first-order chi connectivity index (χ1) is 13.5. The highest BCUT2D eigenvalue weighted by molar-refractivity contribution is 7.46. The number of aromatic amines is 2. The quantitative estimate of drug-likeness (QED) is 0.130. The summed E-state index contributed by atoms with van der Waals surface area (Å²) in [4.78, 5) is 58.0. The zero-order valence-corrected chi connectivity index (χ0v) is 15.7. The monoisotopic (exact) mass is 440 g/mol. The number of nitrogens with one attached hydrogen (secondary N) is 2. The van der Waals surface area contributed by atoms with Gasteiger partial charge in [0.15, 0.2) is 5.52 Å². The van der Waals surface area contributed by atoms with E-state index in [4.69, 9.17) is 14.9 Å². The van der Waals surface area contributed by atoms with Gasteiger partial charge >= 0.3 is 19.2 Å². The number of aromatic nitrogens is 4. The molecule has 0 radical (unpaired) electrons. The van der Waals surface area contributed by atoms with Gasteiger partial charge in [-0.1, -0.05) is 0 Å². The van der Waals surface area contributed by atoms with E-state index in [-0.39, 0.29) is 24.1 Å². The normalized spacial score (nSPS) is 15.5. The van der Waals surface area contributed by atoms with Gasteiger partial charge in [0.05, 0.1) is 19.8 Å². The predicted octanol–water partition coefficient (Wildman–Crippen LogP) is -4.25. The molecule has 0 saturated heterocycles. The Hall–Kier alpha value is -2.10. The minimum Gasteiger partial charge on any atom is -0.394 e. The maximum Gasteiger partial charge on any atom is 0.469 e. The summed E-state index contributed by atoms with van der Waals surface area (Å²) in [5.41, 5.74) is -3.31. The number of nitrogens with zero attached hydrogens (tertiary/aromatic N) is 2. The van der Waals surface area contributed by atoms with Gasteiger partial charge in [0.2, 0.25) is 0 Å². The van der Waals surface area contributed by atoms with E-state index in [9.17, 15) is 34.3 Å². The largest absolute Gasteiger partial charge is 0.469 e. The van der Waals surface area contributed by atoms with Crippen molar-refractivity contribution in [3.63, 3.8) is 0 Å². The number of fused-ring (bicyclic) bond motifs is 1. The lowest BCUT2D eigenvalue weighted by Gasteiger charge is -2.21. The third-order valence-electron chi connectivity index (χ3n) is 4.03. The molecule has 0 amide bonds. The number of hydrogen-bond acceptors (Lipinski definition) is 9. The number of hydrogen-bond donors (Lipinski definition) is 8. The Balaban J connectivity index is 2.42. The first kappa shape index (κ1) is 23.2. The fourth-order valence-electron chi connectivity index (χ4n) is 2.69. The summed E-state index contributed by atoms with van der Waals surface area (Å²) < 4.78 is 16.7. The van der Waals surface area contributed by atoms with Crippen molar-refractivity contribution in [2.45, 2.75) is 37.8 Å². The first-order valence-corrected chi connectivity index (χ1v) is 9.80. The van der Waals surface area contributed by atoms with Crippen LogP contribution in [0, 0.1) is 0 Å². The summed E-state index contributed by atoms with van der Waals surface area (Å²) in [6.07, 6.45) is -5.34. The van der Waals surface area contributed by atoms with Crippen LogP contribution >= 0.6 is 7.82 Å². The van der Waals surface area contributed by atoms with Crippen molar-refractivity contribution in [2.75, 3.05) is 13.2 Å². The molecule has 0 aliphatic carbocycles. The standard InChI is InChI=1S/C13H21N4O11P/c18-5-7(20)9(21)6(19)4-17-10-8(11(22)15-12(23)14-10)16(13(17)24)2-1-3-28-29(25,26)27/h6-7,9,18-21H,1-5H2,(H2,25,26,27)(H2,14,15,22,23)/t6-,7+,9+/m0/s1. The second kappa shape index (κ2) is 9.15. The van der Waals surface area contributed by atoms with Crippen molar-refractivity contribution in [1.29, 1.82) is 0 Å². The molecule has 8 N–H and O–H groups in total. The lowest BCUT2D eigenvalue weighted by atomic mass is 10.1. The van der Waals surface area contributed by atoms with Gasteiger partial charge in [-0.25, -0.2) is 14.2 Å². The fourth-order valence-corrected chi connectivity index (χ4v) is 3.06. The number of imidazole rings is 1. The van der Waals surface area contributed by atoms with Crippen molar-refractivity contribution in [3.05, 3.63) is 31.3 Å². The molecule has 0 saturated carbocycles. The lowest BCUT2D eigenvalue weighted by molar-refractivity contribution is -0.0806. The van der Waals surface area contributed by atoms with E-state index in [0.29, 0.717) is 0 Å². The first-order valence-electron chi connectivity index (χ1n) is 8.27. The fraction of sp³-hybridized carbons (Fsp3) is 0.615. The molecule has 0 bridgehead atoms. The van der Waals surface area contributed by atoms with Gasteiger partial charge < -0.3 is 30.2 Å². The molecule has 2 aromatic heterocycles. The van der Waals surface area contributed by atoms with Crippen molar-refractivity contribution in [2.24, 2.45) is 0 Å². The number of aliphatic hydroxyl groups excluding tert-OH is 4. The van der Waals surface area contributed by atoms with Crippen LogP contribution in [0.4, 0.5) is 0 Å². The third kappa shape index (κ3) is 5.49. The number of phosphoric ester groups is 1. The van der Waals surface area contributed by atoms with E-state index in [1.165, 1.54) is 0 Å². The van der Waals surface area contributed by atoms with Crippen LogP contribution < -0.4 is 16.9 Å². The van der Waals surface area contributed by atoms with E-state index >= 15 is 0 Å². The van der Waals surface area contributed by atoms with E-state index in [1.54, 1.807) is 0 Å². The zero-order valence-electron chi connectivity index (χ0n) is 14.8. The topological polar surface area (TPSA) is 240 Å². The Morgan fingerprint density at radius 3 is 2.28 bits per heavy atom. The number of H-pyrrole nitrogens is 2. The molecule has 15 nitrogen and oxygen atoms in total. The van der Waals surface area contributed by atoms with Gasteiger partial charge in [0.25, 0.3) is 5.56 Å². The van der Waals surface area contributed by atoms with Crippen LogP contribution in [0.2, 0.25) is 0 Å². The molecule has 16 heteroatoms. The van der Waals surface area contributed by atoms with Crippen molar-refractivity contribution >= 4 is 19.0 Å². The number of aryl methyl sites for hydroxylation is 1. The molecule has 0 spiro atoms. The molecular formula is C13H21N4O11P. The van der Waals surface area contributed by atoms with Crippen LogP contribution in [-0.4, -0.2) is 80.8 Å². The maximum atomic E-state index is 12.7. The molecule has 0 unspecified atom stereocenters. The van der Waals surface area contributed by atoms with Crippen LogP contribution in [0.15, 0.2) is 14.4 Å². The number of rotatable bonds is 10. The van der Waals surface area contributed by atoms with Gasteiger partial charge in [0.1, 0.15) is 24.0 Å². The Kier molecular flexibility index (Phi) is 7.31. The van der Waals surface area contributed by atoms with E-state index in [0.717, 1.165) is 9.13 Å². The highest BCUT2D eigenvalue weighted by Crippen LogP contribution is 2.35. The summed E-state index contributed by atoms with van der Waals surface area (Å²) in [5.74, 6) is 0. The van der Waals surface area contributed by atoms with E-state index in [1.807, 2.05) is 4.98 Å². The van der Waals surface area contributed by atoms with Crippen LogP contribution in [0.1, 0.15) is 6.42 Å². The molecular weight excluding hydrogens is 419 g/mol. The summed E-state index contributed by atoms with van der Waals surface area (Å²) >= 11 is 0. The maximum absolute atomic E-state index is 12.7. The molecule has 29 heavy (non-hydrogen) atoms. The average Bonchev–Trinajstić information content (AvgIpc) is 2.88. The highest BCUT2D eigenvalue weighted by atomic mass is 31.2. The third-order valence-corrected chi connectivity index (χ3v) is 4.55. The Labute approximate surface area is 160 Å². The number of aliphatic hydroxyl groups is 4. The van der Waals surface area contributed by atoms with Crippen molar-refractivity contribution < 1.29 is 39.3 Å². The predicted molar refractivity (Wildman–Crippen MR) is 95.2 cm³/mol. The minimum absolute atomic E-state index is 0.0862. The smallest absolute Gasteiger partial charge is 0.394 e. The molecule has 2 rings (SSSR count). The molecule has 0 fully saturated rings. The highest BCUT2D eigenvalue weighted by Gasteiger charge is 2.27. The SMILES string of the molecule is O=c1[nH]c(=O)c2c([nH]1)n(C[C@H](O)[C@@H](O)[C@H](O)CO)c(=O)n2CCCOP(=O)(O)O. The second-order valence-corrected chi connectivity index (χ2v) is 7.37. The van der Waals surface area contributed by atoms with Gasteiger partial charge in [-0.15, -0.1) is 0 Å². The average molecular weight is 440 g/mol. The molecule has 0 aromatic carbocycles. The summed E-state index contributed by atoms with van der Waals surface area (Å²) in [6.45, 7) is -2.16. The van der Waals surface area contributed by atoms with Crippen LogP contribution in [-0.2, 0) is 22.2 Å². The Bertz CT molecular complexity index is 1060. The van der Waals surface area contributed by atoms with Gasteiger partial charge in [-0.05, 0) is 6.42 Å². The van der Waals surface area contributed by atoms with Gasteiger partial charge in [-0.2, -0.15) is 0 Å². The second-order valence-electron chi connectivity index (χ2n) is 6.14. The Morgan fingerprint density at radius 2 is 1.69 bits per heavy atom. The van der Waals surface area contributed by atoms with Crippen LogP contribution in [0.3, 0.4) is 0 Å². The Morgan fingerprint density at radius 1 is 1.03 bits per heavy atom. The van der Waals surface area contributed by atoms with Gasteiger partial charge in [-0.3, -0.25) is 28.4 Å². The van der Waals surface area contributed by atoms with E-state index in [2.05, 4.69) is 9.51 Å². The molecule has 2 aromatic rings. The molecule has 0 aliphatic heterocycles. The summed E-state index contributed by atoms with van der Waals surface area (Å²) in [5, 5.41) is 38.1. The lowest BCUT2D eigenvalue weighted by Crippen LogP contribution is -2.43. The summed E-state index contributed by atoms with van der Waals surface area (Å²) in [6, 6.07) is 0. The molecule has 0 aliphatic rings. The van der Waals surface area contributed by atoms with Crippen molar-refractivity contribution in [3.8, 4) is 0 Å². The molecule has 2 heterocycles. The number of phosphoric acid groups is 1. The van der Waals surface area contributed by atoms with Gasteiger partial charge in [0, 0.05) is 6.54 Å². The zero-order chi connectivity index (χ0) is 21.9. The van der Waals surface area contributed by atoms with Crippen molar-refractivity contribution in [1.82, 2.24) is 19.1 Å². The van der Waals surface area contributed by atoms with E-state index < -0.39 is 62.8 Å². The molecule has 3 atom stereocenters. The molecule has 164 valence electrons.